The topological polar surface area (TPSA) is 61.4 Å². The smallest absolute Gasteiger partial charge is 0.227 e. The van der Waals surface area contributed by atoms with E-state index in [4.69, 9.17) is 0 Å². The zero-order valence-electron chi connectivity index (χ0n) is 14.3. The molecule has 132 valence electrons. The van der Waals surface area contributed by atoms with Crippen molar-refractivity contribution in [3.05, 3.63) is 28.7 Å². The van der Waals surface area contributed by atoms with Crippen LogP contribution in [0.3, 0.4) is 0 Å². The number of hydrogen-bond acceptors (Lipinski definition) is 3. The van der Waals surface area contributed by atoms with Gasteiger partial charge in [0, 0.05) is 35.1 Å². The van der Waals surface area contributed by atoms with Crippen LogP contribution in [0.5, 0.6) is 0 Å². The second kappa shape index (κ2) is 9.18. The van der Waals surface area contributed by atoms with Crippen molar-refractivity contribution >= 4 is 33.4 Å². The third-order valence-corrected chi connectivity index (χ3v) is 4.97. The van der Waals surface area contributed by atoms with Crippen molar-refractivity contribution in [1.82, 2.24) is 10.2 Å². The zero-order chi connectivity index (χ0) is 17.5. The standard InChI is InChI=1S/C18H26BrN3O2/c1-22(2)12-11-20-17(23)13-3-5-14(6-4-13)18(24)21-16-9-7-15(19)8-10-16/h7-10,13-14H,3-6,11-12H2,1-2H3,(H,20,23)(H,21,24). The summed E-state index contributed by atoms with van der Waals surface area (Å²) in [6.07, 6.45) is 3.11. The maximum Gasteiger partial charge on any atom is 0.227 e. The van der Waals surface area contributed by atoms with E-state index in [1.807, 2.05) is 43.3 Å². The van der Waals surface area contributed by atoms with Crippen LogP contribution in [0.2, 0.25) is 0 Å². The second-order valence-electron chi connectivity index (χ2n) is 6.64. The molecule has 2 amide bonds. The number of rotatable bonds is 6. The Morgan fingerprint density at radius 3 is 2.12 bits per heavy atom. The Morgan fingerprint density at radius 1 is 1.04 bits per heavy atom. The SMILES string of the molecule is CN(C)CCNC(=O)C1CCC(C(=O)Nc2ccc(Br)cc2)CC1. The van der Waals surface area contributed by atoms with Crippen LogP contribution >= 0.6 is 15.9 Å². The minimum absolute atomic E-state index is 0.000489. The summed E-state index contributed by atoms with van der Waals surface area (Å²) in [5, 5.41) is 5.95. The molecule has 1 aliphatic carbocycles. The molecular weight excluding hydrogens is 370 g/mol. The van der Waals surface area contributed by atoms with Gasteiger partial charge < -0.3 is 15.5 Å². The van der Waals surface area contributed by atoms with E-state index in [1.54, 1.807) is 0 Å². The van der Waals surface area contributed by atoms with Gasteiger partial charge in [0.05, 0.1) is 0 Å². The normalized spacial score (nSPS) is 20.7. The summed E-state index contributed by atoms with van der Waals surface area (Å²) in [6.45, 7) is 1.52. The van der Waals surface area contributed by atoms with Crippen molar-refractivity contribution in [2.24, 2.45) is 11.8 Å². The van der Waals surface area contributed by atoms with E-state index in [0.717, 1.165) is 42.4 Å². The monoisotopic (exact) mass is 395 g/mol. The van der Waals surface area contributed by atoms with Crippen molar-refractivity contribution in [2.75, 3.05) is 32.5 Å². The number of halogens is 1. The van der Waals surface area contributed by atoms with E-state index in [-0.39, 0.29) is 23.7 Å². The van der Waals surface area contributed by atoms with Crippen LogP contribution in [0.15, 0.2) is 28.7 Å². The van der Waals surface area contributed by atoms with E-state index in [0.29, 0.717) is 6.54 Å². The van der Waals surface area contributed by atoms with Crippen LogP contribution in [0, 0.1) is 11.8 Å². The Balaban J connectivity index is 1.74. The molecule has 1 aliphatic rings. The highest BCUT2D eigenvalue weighted by atomic mass is 79.9. The first kappa shape index (κ1) is 18.9. The molecule has 6 heteroatoms. The molecule has 0 saturated heterocycles. The number of carbonyl (C=O) groups excluding carboxylic acids is 2. The third kappa shape index (κ3) is 5.91. The third-order valence-electron chi connectivity index (χ3n) is 4.44. The van der Waals surface area contributed by atoms with Gasteiger partial charge in [-0.3, -0.25) is 9.59 Å². The van der Waals surface area contributed by atoms with E-state index >= 15 is 0 Å². The van der Waals surface area contributed by atoms with Crippen LogP contribution in [0.1, 0.15) is 25.7 Å². The summed E-state index contributed by atoms with van der Waals surface area (Å²) >= 11 is 3.38. The molecule has 0 heterocycles. The first-order chi connectivity index (χ1) is 11.5. The summed E-state index contributed by atoms with van der Waals surface area (Å²) in [5.74, 6) is 0.232. The lowest BCUT2D eigenvalue weighted by molar-refractivity contribution is -0.128. The highest BCUT2D eigenvalue weighted by Gasteiger charge is 2.29. The van der Waals surface area contributed by atoms with Crippen LogP contribution in [0.25, 0.3) is 0 Å². The van der Waals surface area contributed by atoms with Gasteiger partial charge in [0.1, 0.15) is 0 Å². The molecule has 0 aliphatic heterocycles. The van der Waals surface area contributed by atoms with E-state index in [2.05, 4.69) is 26.6 Å². The number of amides is 2. The molecule has 1 saturated carbocycles. The maximum atomic E-state index is 12.3. The lowest BCUT2D eigenvalue weighted by Crippen LogP contribution is -2.38. The molecule has 24 heavy (non-hydrogen) atoms. The average Bonchev–Trinajstić information content (AvgIpc) is 2.56. The number of anilines is 1. The van der Waals surface area contributed by atoms with Crippen molar-refractivity contribution in [1.29, 1.82) is 0 Å². The minimum atomic E-state index is -0.000489. The molecule has 0 unspecified atom stereocenters. The molecular formula is C18H26BrN3O2. The van der Waals surface area contributed by atoms with Gasteiger partial charge in [0.25, 0.3) is 0 Å². The van der Waals surface area contributed by atoms with Gasteiger partial charge >= 0.3 is 0 Å². The van der Waals surface area contributed by atoms with Crippen molar-refractivity contribution in [2.45, 2.75) is 25.7 Å². The molecule has 0 bridgehead atoms. The van der Waals surface area contributed by atoms with Crippen molar-refractivity contribution in [3.8, 4) is 0 Å². The quantitative estimate of drug-likeness (QED) is 0.778. The van der Waals surface area contributed by atoms with Crippen LogP contribution in [-0.2, 0) is 9.59 Å². The van der Waals surface area contributed by atoms with Crippen LogP contribution < -0.4 is 10.6 Å². The number of hydrogen-bond donors (Lipinski definition) is 2. The summed E-state index contributed by atoms with van der Waals surface area (Å²) in [5.41, 5.74) is 0.812. The van der Waals surface area contributed by atoms with Gasteiger partial charge in [-0.15, -0.1) is 0 Å². The molecule has 1 aromatic carbocycles. The van der Waals surface area contributed by atoms with E-state index in [9.17, 15) is 9.59 Å². The number of benzene rings is 1. The molecule has 0 aromatic heterocycles. The van der Waals surface area contributed by atoms with Crippen LogP contribution in [0.4, 0.5) is 5.69 Å². The van der Waals surface area contributed by atoms with E-state index in [1.165, 1.54) is 0 Å². The Kier molecular flexibility index (Phi) is 7.24. The molecule has 0 atom stereocenters. The fourth-order valence-electron chi connectivity index (χ4n) is 2.94. The number of nitrogens with one attached hydrogen (secondary N) is 2. The molecule has 0 spiro atoms. The zero-order valence-corrected chi connectivity index (χ0v) is 15.9. The fourth-order valence-corrected chi connectivity index (χ4v) is 3.21. The van der Waals surface area contributed by atoms with Gasteiger partial charge in [0.2, 0.25) is 11.8 Å². The van der Waals surface area contributed by atoms with Gasteiger partial charge in [-0.05, 0) is 64.0 Å². The highest BCUT2D eigenvalue weighted by molar-refractivity contribution is 9.10. The summed E-state index contributed by atoms with van der Waals surface area (Å²) in [6, 6.07) is 7.58. The van der Waals surface area contributed by atoms with Gasteiger partial charge in [-0.1, -0.05) is 15.9 Å². The predicted molar refractivity (Wildman–Crippen MR) is 99.8 cm³/mol. The molecule has 2 rings (SSSR count). The lowest BCUT2D eigenvalue weighted by atomic mass is 9.81. The number of nitrogens with zero attached hydrogens (tertiary/aromatic N) is 1. The molecule has 1 fully saturated rings. The lowest BCUT2D eigenvalue weighted by Gasteiger charge is -2.27. The Morgan fingerprint density at radius 2 is 1.58 bits per heavy atom. The van der Waals surface area contributed by atoms with Crippen molar-refractivity contribution in [3.63, 3.8) is 0 Å². The van der Waals surface area contributed by atoms with E-state index < -0.39 is 0 Å². The van der Waals surface area contributed by atoms with Gasteiger partial charge in [0.15, 0.2) is 0 Å². The summed E-state index contributed by atoms with van der Waals surface area (Å²) in [7, 11) is 3.98. The maximum absolute atomic E-state index is 12.3. The molecule has 0 radical (unpaired) electrons. The fraction of sp³-hybridized carbons (Fsp3) is 0.556. The number of carbonyl (C=O) groups is 2. The number of likely N-dealkylation sites (N-methyl/N-ethyl adjacent to an activating group) is 1. The van der Waals surface area contributed by atoms with Crippen molar-refractivity contribution < 1.29 is 9.59 Å². The second-order valence-corrected chi connectivity index (χ2v) is 7.55. The highest BCUT2D eigenvalue weighted by Crippen LogP contribution is 2.30. The Labute approximate surface area is 152 Å². The average molecular weight is 396 g/mol. The Hall–Kier alpha value is -1.40. The van der Waals surface area contributed by atoms with Gasteiger partial charge in [-0.25, -0.2) is 0 Å². The minimum Gasteiger partial charge on any atom is -0.355 e. The molecule has 1 aromatic rings. The molecule has 2 N–H and O–H groups in total. The largest absolute Gasteiger partial charge is 0.355 e. The van der Waals surface area contributed by atoms with Crippen LogP contribution in [-0.4, -0.2) is 43.9 Å². The first-order valence-corrected chi connectivity index (χ1v) is 9.24. The Bertz CT molecular complexity index is 552. The predicted octanol–water partition coefficient (Wildman–Crippen LogP) is 2.87. The molecule has 5 nitrogen and oxygen atoms in total. The summed E-state index contributed by atoms with van der Waals surface area (Å²) < 4.78 is 0.987. The first-order valence-electron chi connectivity index (χ1n) is 8.44. The van der Waals surface area contributed by atoms with Gasteiger partial charge in [-0.2, -0.15) is 0 Å². The summed E-state index contributed by atoms with van der Waals surface area (Å²) in [4.78, 5) is 26.5.